The molecule has 1 rings (SSSR count). The highest BCUT2D eigenvalue weighted by Crippen LogP contribution is 1.92. The molecule has 0 aliphatic carbocycles. The zero-order valence-corrected chi connectivity index (χ0v) is 8.27. The highest BCUT2D eigenvalue weighted by atomic mass is 16.3. The first-order valence-corrected chi connectivity index (χ1v) is 4.41. The molecule has 0 radical (unpaired) electrons. The van der Waals surface area contributed by atoms with Crippen LogP contribution in [0.4, 0.5) is 0 Å². The van der Waals surface area contributed by atoms with E-state index < -0.39 is 0 Å². The highest BCUT2D eigenvalue weighted by molar-refractivity contribution is 5.75. The van der Waals surface area contributed by atoms with Crippen LogP contribution in [0.15, 0.2) is 6.20 Å². The van der Waals surface area contributed by atoms with Gasteiger partial charge in [-0.2, -0.15) is 0 Å². The van der Waals surface area contributed by atoms with Gasteiger partial charge in [-0.1, -0.05) is 5.21 Å². The number of carbonyl (C=O) groups excluding carboxylic acids is 1. The molecule has 0 atom stereocenters. The Labute approximate surface area is 81.9 Å². The van der Waals surface area contributed by atoms with Crippen LogP contribution < -0.4 is 5.32 Å². The quantitative estimate of drug-likeness (QED) is 0.670. The number of aliphatic hydroxyl groups excluding tert-OH is 1. The summed E-state index contributed by atoms with van der Waals surface area (Å²) in [6.45, 7) is 3.74. The van der Waals surface area contributed by atoms with Crippen molar-refractivity contribution in [1.29, 1.82) is 0 Å². The van der Waals surface area contributed by atoms with Crippen molar-refractivity contribution in [3.05, 3.63) is 11.9 Å². The van der Waals surface area contributed by atoms with Gasteiger partial charge in [-0.15, -0.1) is 5.10 Å². The van der Waals surface area contributed by atoms with Crippen molar-refractivity contribution >= 4 is 5.91 Å². The third-order valence-corrected chi connectivity index (χ3v) is 1.50. The van der Waals surface area contributed by atoms with Gasteiger partial charge in [0, 0.05) is 6.04 Å². The minimum atomic E-state index is -0.161. The Morgan fingerprint density at radius 3 is 2.93 bits per heavy atom. The molecule has 0 saturated carbocycles. The molecular weight excluding hydrogens is 184 g/mol. The summed E-state index contributed by atoms with van der Waals surface area (Å²) in [6.07, 6.45) is 1.54. The molecule has 0 aliphatic rings. The van der Waals surface area contributed by atoms with Gasteiger partial charge < -0.3 is 10.4 Å². The summed E-state index contributed by atoms with van der Waals surface area (Å²) in [6, 6.07) is 0.114. The Kier molecular flexibility index (Phi) is 3.58. The first-order valence-electron chi connectivity index (χ1n) is 4.41. The zero-order valence-electron chi connectivity index (χ0n) is 8.27. The predicted octanol–water partition coefficient (Wildman–Crippen LogP) is -0.705. The molecule has 0 aromatic carbocycles. The van der Waals surface area contributed by atoms with Crippen LogP contribution in [-0.2, 0) is 17.9 Å². The van der Waals surface area contributed by atoms with Crippen LogP contribution in [0.1, 0.15) is 19.5 Å². The number of nitrogens with zero attached hydrogens (tertiary/aromatic N) is 3. The minimum absolute atomic E-state index is 0.114. The largest absolute Gasteiger partial charge is 0.390 e. The molecule has 0 aliphatic heterocycles. The van der Waals surface area contributed by atoms with E-state index in [9.17, 15) is 4.79 Å². The lowest BCUT2D eigenvalue weighted by Gasteiger charge is -2.07. The molecule has 6 nitrogen and oxygen atoms in total. The molecule has 1 heterocycles. The lowest BCUT2D eigenvalue weighted by molar-refractivity contribution is -0.122. The average Bonchev–Trinajstić information content (AvgIpc) is 2.50. The first-order chi connectivity index (χ1) is 6.61. The second kappa shape index (κ2) is 4.71. The smallest absolute Gasteiger partial charge is 0.241 e. The topological polar surface area (TPSA) is 80.0 Å². The van der Waals surface area contributed by atoms with Crippen LogP contribution in [-0.4, -0.2) is 32.0 Å². The third-order valence-electron chi connectivity index (χ3n) is 1.50. The number of aliphatic hydroxyl groups is 1. The second-order valence-electron chi connectivity index (χ2n) is 3.29. The molecule has 1 amide bonds. The first kappa shape index (κ1) is 10.6. The van der Waals surface area contributed by atoms with Gasteiger partial charge in [-0.25, -0.2) is 4.68 Å². The number of hydrogen-bond donors (Lipinski definition) is 2. The van der Waals surface area contributed by atoms with E-state index in [1.54, 1.807) is 6.20 Å². The van der Waals surface area contributed by atoms with Gasteiger partial charge in [0.15, 0.2) is 0 Å². The van der Waals surface area contributed by atoms with E-state index in [1.165, 1.54) is 4.68 Å². The average molecular weight is 198 g/mol. The van der Waals surface area contributed by atoms with E-state index in [0.29, 0.717) is 5.69 Å². The van der Waals surface area contributed by atoms with Crippen molar-refractivity contribution in [3.8, 4) is 0 Å². The van der Waals surface area contributed by atoms with Crippen molar-refractivity contribution in [2.45, 2.75) is 33.0 Å². The van der Waals surface area contributed by atoms with Gasteiger partial charge in [-0.3, -0.25) is 4.79 Å². The number of hydrogen-bond acceptors (Lipinski definition) is 4. The molecule has 78 valence electrons. The van der Waals surface area contributed by atoms with Crippen LogP contribution in [0.5, 0.6) is 0 Å². The maximum atomic E-state index is 11.3. The van der Waals surface area contributed by atoms with Gasteiger partial charge in [0.25, 0.3) is 0 Å². The van der Waals surface area contributed by atoms with Crippen molar-refractivity contribution in [1.82, 2.24) is 20.3 Å². The fraction of sp³-hybridized carbons (Fsp3) is 0.625. The van der Waals surface area contributed by atoms with Gasteiger partial charge in [0.1, 0.15) is 12.2 Å². The lowest BCUT2D eigenvalue weighted by atomic mass is 10.4. The SMILES string of the molecule is CC(C)NC(=O)Cn1cc(CO)nn1. The Hall–Kier alpha value is -1.43. The Bertz CT molecular complexity index is 308. The third kappa shape index (κ3) is 3.14. The summed E-state index contributed by atoms with van der Waals surface area (Å²) >= 11 is 0. The Morgan fingerprint density at radius 2 is 2.43 bits per heavy atom. The maximum Gasteiger partial charge on any atom is 0.241 e. The summed E-state index contributed by atoms with van der Waals surface area (Å²) in [7, 11) is 0. The number of carbonyl (C=O) groups is 1. The molecule has 2 N–H and O–H groups in total. The summed E-state index contributed by atoms with van der Waals surface area (Å²) in [5, 5.41) is 18.8. The summed E-state index contributed by atoms with van der Waals surface area (Å²) < 4.78 is 1.39. The molecule has 14 heavy (non-hydrogen) atoms. The van der Waals surface area contributed by atoms with E-state index in [1.807, 2.05) is 13.8 Å². The van der Waals surface area contributed by atoms with E-state index in [4.69, 9.17) is 5.11 Å². The molecule has 1 aromatic rings. The van der Waals surface area contributed by atoms with Gasteiger partial charge in [0.05, 0.1) is 12.8 Å². The molecule has 1 aromatic heterocycles. The maximum absolute atomic E-state index is 11.3. The van der Waals surface area contributed by atoms with Gasteiger partial charge in [0.2, 0.25) is 5.91 Å². The summed E-state index contributed by atoms with van der Waals surface area (Å²) in [5.74, 6) is -0.116. The van der Waals surface area contributed by atoms with Gasteiger partial charge in [-0.05, 0) is 13.8 Å². The van der Waals surface area contributed by atoms with Crippen LogP contribution >= 0.6 is 0 Å². The number of rotatable bonds is 4. The van der Waals surface area contributed by atoms with E-state index in [2.05, 4.69) is 15.6 Å². The summed E-state index contributed by atoms with van der Waals surface area (Å²) in [4.78, 5) is 11.3. The highest BCUT2D eigenvalue weighted by Gasteiger charge is 2.06. The fourth-order valence-electron chi connectivity index (χ4n) is 1.00. The standard InChI is InChI=1S/C8H14N4O2/c1-6(2)9-8(14)4-12-3-7(5-13)10-11-12/h3,6,13H,4-5H2,1-2H3,(H,9,14). The number of aromatic nitrogens is 3. The lowest BCUT2D eigenvalue weighted by Crippen LogP contribution is -2.33. The van der Waals surface area contributed by atoms with E-state index in [-0.39, 0.29) is 25.1 Å². The zero-order chi connectivity index (χ0) is 10.6. The normalized spacial score (nSPS) is 10.6. The van der Waals surface area contributed by atoms with Gasteiger partial charge >= 0.3 is 0 Å². The van der Waals surface area contributed by atoms with Crippen molar-refractivity contribution in [2.75, 3.05) is 0 Å². The van der Waals surface area contributed by atoms with Crippen LogP contribution in [0.25, 0.3) is 0 Å². The molecule has 0 saturated heterocycles. The fourth-order valence-corrected chi connectivity index (χ4v) is 1.00. The van der Waals surface area contributed by atoms with E-state index >= 15 is 0 Å². The van der Waals surface area contributed by atoms with Crippen molar-refractivity contribution in [2.24, 2.45) is 0 Å². The molecule has 0 bridgehead atoms. The van der Waals surface area contributed by atoms with Crippen LogP contribution in [0, 0.1) is 0 Å². The number of nitrogens with one attached hydrogen (secondary N) is 1. The predicted molar refractivity (Wildman–Crippen MR) is 49.2 cm³/mol. The van der Waals surface area contributed by atoms with E-state index in [0.717, 1.165) is 0 Å². The molecule has 0 unspecified atom stereocenters. The second-order valence-corrected chi connectivity index (χ2v) is 3.29. The monoisotopic (exact) mass is 198 g/mol. The minimum Gasteiger partial charge on any atom is -0.390 e. The molecule has 0 fully saturated rings. The van der Waals surface area contributed by atoms with Crippen LogP contribution in [0.2, 0.25) is 0 Å². The Morgan fingerprint density at radius 1 is 1.71 bits per heavy atom. The molecule has 6 heteroatoms. The van der Waals surface area contributed by atoms with Crippen molar-refractivity contribution < 1.29 is 9.90 Å². The summed E-state index contributed by atoms with van der Waals surface area (Å²) in [5.41, 5.74) is 0.461. The molecular formula is C8H14N4O2. The van der Waals surface area contributed by atoms with Crippen LogP contribution in [0.3, 0.4) is 0 Å². The number of amides is 1. The molecule has 0 spiro atoms. The Balaban J connectivity index is 2.47. The van der Waals surface area contributed by atoms with Crippen molar-refractivity contribution in [3.63, 3.8) is 0 Å².